The van der Waals surface area contributed by atoms with Crippen LogP contribution in [0.3, 0.4) is 0 Å². The quantitative estimate of drug-likeness (QED) is 0.485. The van der Waals surface area contributed by atoms with Crippen molar-refractivity contribution in [1.82, 2.24) is 15.2 Å². The summed E-state index contributed by atoms with van der Waals surface area (Å²) >= 11 is 1.66. The summed E-state index contributed by atoms with van der Waals surface area (Å²) in [5.41, 5.74) is 2.58. The molecule has 0 spiro atoms. The molecule has 1 fully saturated rings. The minimum Gasteiger partial charge on any atom is -0.363 e. The minimum absolute atomic E-state index is 0.184. The number of aryl methyl sites for hydroxylation is 1. The van der Waals surface area contributed by atoms with Crippen LogP contribution in [0, 0.1) is 0 Å². The number of carbonyl (C=O) groups excluding carboxylic acids is 1. The van der Waals surface area contributed by atoms with Gasteiger partial charge in [0.25, 0.3) is 11.5 Å². The maximum Gasteiger partial charge on any atom is 0.292 e. The van der Waals surface area contributed by atoms with Crippen molar-refractivity contribution in [2.24, 2.45) is 5.10 Å². The summed E-state index contributed by atoms with van der Waals surface area (Å²) in [6.45, 7) is 4.62. The van der Waals surface area contributed by atoms with Gasteiger partial charge in [-0.15, -0.1) is 11.3 Å². The standard InChI is InChI=1S/C22H25N5O2S/c1-2-12-27-22(29)18-9-5-4-8-17(18)20(25-27)21(28)24-23-15-16-10-11-19(30-16)26-13-6-3-7-14-26/h4-5,8-11,15H,2-3,6-7,12-14H2,1H3,(H,24,28)/b23-15+. The average molecular weight is 424 g/mol. The monoisotopic (exact) mass is 423 g/mol. The summed E-state index contributed by atoms with van der Waals surface area (Å²) in [6, 6.07) is 11.2. The van der Waals surface area contributed by atoms with Gasteiger partial charge in [-0.25, -0.2) is 10.1 Å². The lowest BCUT2D eigenvalue weighted by molar-refractivity contribution is 0.0949. The first-order chi connectivity index (χ1) is 14.7. The number of piperidine rings is 1. The van der Waals surface area contributed by atoms with Crippen molar-refractivity contribution in [2.75, 3.05) is 18.0 Å². The van der Waals surface area contributed by atoms with Crippen molar-refractivity contribution < 1.29 is 4.79 Å². The van der Waals surface area contributed by atoms with Gasteiger partial charge in [0.15, 0.2) is 5.69 Å². The minimum atomic E-state index is -0.430. The molecule has 7 nitrogen and oxygen atoms in total. The summed E-state index contributed by atoms with van der Waals surface area (Å²) in [5.74, 6) is -0.430. The summed E-state index contributed by atoms with van der Waals surface area (Å²) in [4.78, 5) is 28.7. The van der Waals surface area contributed by atoms with Crippen molar-refractivity contribution in [3.63, 3.8) is 0 Å². The molecule has 3 heterocycles. The molecule has 0 unspecified atom stereocenters. The van der Waals surface area contributed by atoms with Gasteiger partial charge in [0.2, 0.25) is 0 Å². The van der Waals surface area contributed by atoms with E-state index in [0.717, 1.165) is 24.4 Å². The number of carbonyl (C=O) groups is 1. The highest BCUT2D eigenvalue weighted by atomic mass is 32.1. The topological polar surface area (TPSA) is 79.6 Å². The van der Waals surface area contributed by atoms with E-state index in [0.29, 0.717) is 17.3 Å². The predicted octanol–water partition coefficient (Wildman–Crippen LogP) is 3.62. The van der Waals surface area contributed by atoms with E-state index in [1.54, 1.807) is 41.8 Å². The van der Waals surface area contributed by atoms with Gasteiger partial charge in [-0.3, -0.25) is 9.59 Å². The number of amides is 1. The van der Waals surface area contributed by atoms with Crippen molar-refractivity contribution >= 4 is 39.2 Å². The number of nitrogens with one attached hydrogen (secondary N) is 1. The molecule has 1 aliphatic rings. The van der Waals surface area contributed by atoms with E-state index in [2.05, 4.69) is 26.6 Å². The van der Waals surface area contributed by atoms with Crippen LogP contribution in [0.1, 0.15) is 48.0 Å². The van der Waals surface area contributed by atoms with Gasteiger partial charge < -0.3 is 4.90 Å². The van der Waals surface area contributed by atoms with E-state index in [-0.39, 0.29) is 11.3 Å². The summed E-state index contributed by atoms with van der Waals surface area (Å²) in [5, 5.41) is 10.7. The molecule has 0 aliphatic carbocycles. The van der Waals surface area contributed by atoms with Gasteiger partial charge in [-0.1, -0.05) is 25.1 Å². The Morgan fingerprint density at radius 2 is 1.93 bits per heavy atom. The molecule has 1 saturated heterocycles. The maximum absolute atomic E-state index is 12.8. The third kappa shape index (κ3) is 4.28. The Morgan fingerprint density at radius 3 is 2.70 bits per heavy atom. The zero-order valence-electron chi connectivity index (χ0n) is 17.0. The molecule has 156 valence electrons. The van der Waals surface area contributed by atoms with Crippen LogP contribution in [0.25, 0.3) is 10.8 Å². The zero-order valence-corrected chi connectivity index (χ0v) is 17.8. The summed E-state index contributed by atoms with van der Waals surface area (Å²) in [7, 11) is 0. The first kappa shape index (κ1) is 20.3. The third-order valence-electron chi connectivity index (χ3n) is 5.16. The van der Waals surface area contributed by atoms with E-state index in [1.165, 1.54) is 28.9 Å². The zero-order chi connectivity index (χ0) is 20.9. The van der Waals surface area contributed by atoms with Gasteiger partial charge >= 0.3 is 0 Å². The number of rotatable bonds is 6. The molecular formula is C22H25N5O2S. The summed E-state index contributed by atoms with van der Waals surface area (Å²) < 4.78 is 1.35. The number of hydrazone groups is 1. The Bertz CT molecular complexity index is 1130. The van der Waals surface area contributed by atoms with E-state index in [9.17, 15) is 9.59 Å². The van der Waals surface area contributed by atoms with Crippen LogP contribution in [-0.4, -0.2) is 35.0 Å². The summed E-state index contributed by atoms with van der Waals surface area (Å²) in [6.07, 6.45) is 6.18. The number of benzene rings is 1. The molecule has 1 aromatic carbocycles. The number of aromatic nitrogens is 2. The van der Waals surface area contributed by atoms with Crippen LogP contribution in [0.4, 0.5) is 5.00 Å². The lowest BCUT2D eigenvalue weighted by Crippen LogP contribution is -2.29. The number of fused-ring (bicyclic) bond motifs is 1. The third-order valence-corrected chi connectivity index (χ3v) is 6.24. The predicted molar refractivity (Wildman–Crippen MR) is 122 cm³/mol. The molecule has 0 radical (unpaired) electrons. The fourth-order valence-electron chi connectivity index (χ4n) is 3.67. The van der Waals surface area contributed by atoms with Crippen LogP contribution in [0.15, 0.2) is 46.3 Å². The van der Waals surface area contributed by atoms with Crippen LogP contribution in [0.5, 0.6) is 0 Å². The Hall–Kier alpha value is -3.00. The average Bonchev–Trinajstić information content (AvgIpc) is 3.25. The van der Waals surface area contributed by atoms with Gasteiger partial charge in [-0.2, -0.15) is 10.2 Å². The lowest BCUT2D eigenvalue weighted by atomic mass is 10.1. The fraction of sp³-hybridized carbons (Fsp3) is 0.364. The molecule has 0 saturated carbocycles. The number of anilines is 1. The normalized spacial score (nSPS) is 14.5. The largest absolute Gasteiger partial charge is 0.363 e. The molecule has 1 amide bonds. The molecule has 2 aromatic heterocycles. The Labute approximate surface area is 179 Å². The van der Waals surface area contributed by atoms with Crippen molar-refractivity contribution in [2.45, 2.75) is 39.2 Å². The van der Waals surface area contributed by atoms with Crippen LogP contribution >= 0.6 is 11.3 Å². The second-order valence-corrected chi connectivity index (χ2v) is 8.44. The Kier molecular flexibility index (Phi) is 6.23. The van der Waals surface area contributed by atoms with E-state index >= 15 is 0 Å². The van der Waals surface area contributed by atoms with Crippen molar-refractivity contribution in [1.29, 1.82) is 0 Å². The second-order valence-electron chi connectivity index (χ2n) is 7.35. The number of hydrogen-bond acceptors (Lipinski definition) is 6. The van der Waals surface area contributed by atoms with Gasteiger partial charge in [0.1, 0.15) is 0 Å². The van der Waals surface area contributed by atoms with E-state index < -0.39 is 5.91 Å². The van der Waals surface area contributed by atoms with Crippen LogP contribution < -0.4 is 15.9 Å². The fourth-order valence-corrected chi connectivity index (χ4v) is 4.60. The number of nitrogens with zero attached hydrogens (tertiary/aromatic N) is 4. The molecule has 4 rings (SSSR count). The van der Waals surface area contributed by atoms with Gasteiger partial charge in [0.05, 0.1) is 16.6 Å². The first-order valence-corrected chi connectivity index (χ1v) is 11.2. The molecule has 8 heteroatoms. The lowest BCUT2D eigenvalue weighted by Gasteiger charge is -2.27. The first-order valence-electron chi connectivity index (χ1n) is 10.4. The SMILES string of the molecule is CCCn1nc(C(=O)N/N=C/c2ccc(N3CCCCC3)s2)c2ccccc2c1=O. The smallest absolute Gasteiger partial charge is 0.292 e. The second kappa shape index (κ2) is 9.21. The van der Waals surface area contributed by atoms with E-state index in [1.807, 2.05) is 13.0 Å². The Morgan fingerprint density at radius 1 is 1.17 bits per heavy atom. The molecule has 3 aromatic rings. The molecule has 0 atom stereocenters. The molecule has 0 bridgehead atoms. The highest BCUT2D eigenvalue weighted by Crippen LogP contribution is 2.27. The molecule has 30 heavy (non-hydrogen) atoms. The molecule has 1 aliphatic heterocycles. The number of hydrogen-bond donors (Lipinski definition) is 1. The van der Waals surface area contributed by atoms with E-state index in [4.69, 9.17) is 0 Å². The number of thiophene rings is 1. The maximum atomic E-state index is 12.8. The van der Waals surface area contributed by atoms with Crippen molar-refractivity contribution in [3.05, 3.63) is 57.3 Å². The highest BCUT2D eigenvalue weighted by molar-refractivity contribution is 7.17. The highest BCUT2D eigenvalue weighted by Gasteiger charge is 2.16. The van der Waals surface area contributed by atoms with Crippen LogP contribution in [-0.2, 0) is 6.54 Å². The van der Waals surface area contributed by atoms with Crippen LogP contribution in [0.2, 0.25) is 0 Å². The van der Waals surface area contributed by atoms with Crippen molar-refractivity contribution in [3.8, 4) is 0 Å². The van der Waals surface area contributed by atoms with Gasteiger partial charge in [0, 0.05) is 29.9 Å². The molecular weight excluding hydrogens is 398 g/mol. The Balaban J connectivity index is 1.51. The molecule has 1 N–H and O–H groups in total. The van der Waals surface area contributed by atoms with Gasteiger partial charge in [-0.05, 0) is 43.9 Å².